The molecule has 2 aromatic rings. The van der Waals surface area contributed by atoms with Crippen molar-refractivity contribution in [3.63, 3.8) is 0 Å². The van der Waals surface area contributed by atoms with Crippen LogP contribution in [0.1, 0.15) is 15.9 Å². The monoisotopic (exact) mass is 367 g/mol. The highest BCUT2D eigenvalue weighted by Crippen LogP contribution is 2.25. The van der Waals surface area contributed by atoms with E-state index < -0.39 is 0 Å². The van der Waals surface area contributed by atoms with Crippen molar-refractivity contribution in [1.29, 1.82) is 0 Å². The number of benzene rings is 2. The van der Waals surface area contributed by atoms with Crippen LogP contribution in [0.15, 0.2) is 52.1 Å². The number of rotatable bonds is 3. The van der Waals surface area contributed by atoms with Gasteiger partial charge in [-0.05, 0) is 46.3 Å². The summed E-state index contributed by atoms with van der Waals surface area (Å²) < 4.78 is 0.746. The van der Waals surface area contributed by atoms with Crippen molar-refractivity contribution in [1.82, 2.24) is 0 Å². The minimum atomic E-state index is -0.319. The maximum absolute atomic E-state index is 12.2. The molecule has 5 nitrogen and oxygen atoms in total. The molecule has 0 bridgehead atoms. The predicted octanol–water partition coefficient (Wildman–Crippen LogP) is 3.45. The number of carbonyl (C=O) groups excluding carboxylic acids is 1. The third-order valence-electron chi connectivity index (χ3n) is 2.71. The van der Waals surface area contributed by atoms with Gasteiger partial charge in [-0.3, -0.25) is 4.79 Å². The Balaban J connectivity index is 2.22. The van der Waals surface area contributed by atoms with Crippen LogP contribution in [0.2, 0.25) is 5.02 Å². The van der Waals surface area contributed by atoms with Gasteiger partial charge in [-0.25, -0.2) is 0 Å². The van der Waals surface area contributed by atoms with E-state index in [1.165, 1.54) is 6.07 Å². The molecular formula is C14H11BrClN3O2. The molecule has 0 saturated carbocycles. The number of carbonyl (C=O) groups is 1. The van der Waals surface area contributed by atoms with Crippen molar-refractivity contribution in [2.75, 3.05) is 5.32 Å². The Bertz CT molecular complexity index is 719. The maximum atomic E-state index is 12.2. The molecule has 0 aromatic heterocycles. The quantitative estimate of drug-likeness (QED) is 0.335. The minimum absolute atomic E-state index is 0.0589. The fraction of sp³-hybridized carbons (Fsp3) is 0. The number of nitrogens with zero attached hydrogens (tertiary/aromatic N) is 1. The largest absolute Gasteiger partial charge is 0.409 e. The van der Waals surface area contributed by atoms with Crippen LogP contribution in [0.4, 0.5) is 5.69 Å². The molecule has 0 fully saturated rings. The molecule has 0 aliphatic heterocycles. The Morgan fingerprint density at radius 3 is 2.62 bits per heavy atom. The van der Waals surface area contributed by atoms with Crippen LogP contribution in [0.3, 0.4) is 0 Å². The number of hydrogen-bond donors (Lipinski definition) is 3. The second-order valence-corrected chi connectivity index (χ2v) is 5.41. The average molecular weight is 369 g/mol. The van der Waals surface area contributed by atoms with Gasteiger partial charge >= 0.3 is 0 Å². The lowest BCUT2D eigenvalue weighted by molar-refractivity contribution is 0.102. The van der Waals surface area contributed by atoms with Gasteiger partial charge in [0.1, 0.15) is 0 Å². The average Bonchev–Trinajstić information content (AvgIpc) is 2.50. The summed E-state index contributed by atoms with van der Waals surface area (Å²) >= 11 is 9.25. The molecule has 0 radical (unpaired) electrons. The van der Waals surface area contributed by atoms with E-state index in [0.29, 0.717) is 21.8 Å². The van der Waals surface area contributed by atoms with Crippen LogP contribution in [-0.2, 0) is 0 Å². The van der Waals surface area contributed by atoms with Crippen LogP contribution < -0.4 is 11.1 Å². The summed E-state index contributed by atoms with van der Waals surface area (Å²) in [5.74, 6) is -0.377. The Kier molecular flexibility index (Phi) is 4.82. The van der Waals surface area contributed by atoms with Crippen LogP contribution >= 0.6 is 27.5 Å². The normalized spacial score (nSPS) is 11.2. The number of nitrogens with two attached hydrogens (primary N) is 1. The third-order valence-corrected chi connectivity index (χ3v) is 3.94. The predicted molar refractivity (Wildman–Crippen MR) is 86.1 cm³/mol. The summed E-state index contributed by atoms with van der Waals surface area (Å²) in [6.07, 6.45) is 0. The van der Waals surface area contributed by atoms with E-state index in [1.54, 1.807) is 36.4 Å². The molecule has 0 saturated heterocycles. The van der Waals surface area contributed by atoms with Crippen LogP contribution in [-0.4, -0.2) is 17.0 Å². The number of amidine groups is 1. The molecule has 4 N–H and O–H groups in total. The molecule has 21 heavy (non-hydrogen) atoms. The summed E-state index contributed by atoms with van der Waals surface area (Å²) in [4.78, 5) is 12.2. The lowest BCUT2D eigenvalue weighted by atomic mass is 10.1. The fourth-order valence-electron chi connectivity index (χ4n) is 1.65. The van der Waals surface area contributed by atoms with E-state index in [4.69, 9.17) is 22.5 Å². The van der Waals surface area contributed by atoms with Gasteiger partial charge < -0.3 is 16.3 Å². The van der Waals surface area contributed by atoms with Gasteiger partial charge in [0.2, 0.25) is 0 Å². The molecule has 7 heteroatoms. The van der Waals surface area contributed by atoms with E-state index >= 15 is 0 Å². The number of hydrogen-bond acceptors (Lipinski definition) is 3. The molecule has 0 atom stereocenters. The first-order valence-corrected chi connectivity index (χ1v) is 7.02. The molecule has 0 spiro atoms. The van der Waals surface area contributed by atoms with E-state index in [1.807, 2.05) is 0 Å². The number of oxime groups is 1. The number of anilines is 1. The van der Waals surface area contributed by atoms with Gasteiger partial charge in [-0.15, -0.1) is 0 Å². The fourth-order valence-corrected chi connectivity index (χ4v) is 2.08. The van der Waals surface area contributed by atoms with Crippen molar-refractivity contribution in [2.45, 2.75) is 0 Å². The molecule has 2 rings (SSSR count). The first kappa shape index (κ1) is 15.3. The highest BCUT2D eigenvalue weighted by Gasteiger charge is 2.09. The van der Waals surface area contributed by atoms with Crippen LogP contribution in [0.25, 0.3) is 0 Å². The van der Waals surface area contributed by atoms with Gasteiger partial charge in [0, 0.05) is 21.3 Å². The first-order chi connectivity index (χ1) is 10.0. The Morgan fingerprint density at radius 2 is 1.95 bits per heavy atom. The molecule has 0 aliphatic carbocycles. The second-order valence-electron chi connectivity index (χ2n) is 4.15. The lowest BCUT2D eigenvalue weighted by Gasteiger charge is -2.07. The Labute approximate surface area is 134 Å². The molecule has 0 heterocycles. The summed E-state index contributed by atoms with van der Waals surface area (Å²) in [5.41, 5.74) is 6.91. The van der Waals surface area contributed by atoms with E-state index in [9.17, 15) is 4.79 Å². The standard InChI is InChI=1S/C14H11BrClN3O2/c15-11-5-4-10(7-12(11)16)18-14(20)9-3-1-2-8(6-9)13(17)19-21/h1-7,21H,(H2,17,19)(H,18,20). The third kappa shape index (κ3) is 3.74. The molecule has 0 unspecified atom stereocenters. The van der Waals surface area contributed by atoms with Crippen molar-refractivity contribution in [3.8, 4) is 0 Å². The van der Waals surface area contributed by atoms with Gasteiger partial charge in [0.25, 0.3) is 5.91 Å². The number of nitrogens with one attached hydrogen (secondary N) is 1. The summed E-state index contributed by atoms with van der Waals surface area (Å²) in [5, 5.41) is 14.8. The van der Waals surface area contributed by atoms with Crippen molar-refractivity contribution < 1.29 is 10.0 Å². The lowest BCUT2D eigenvalue weighted by Crippen LogP contribution is -2.16. The zero-order valence-corrected chi connectivity index (χ0v) is 13.0. The Morgan fingerprint density at radius 1 is 1.24 bits per heavy atom. The maximum Gasteiger partial charge on any atom is 0.255 e. The van der Waals surface area contributed by atoms with Crippen molar-refractivity contribution >= 4 is 45.0 Å². The minimum Gasteiger partial charge on any atom is -0.409 e. The smallest absolute Gasteiger partial charge is 0.255 e. The molecular weight excluding hydrogens is 358 g/mol. The zero-order chi connectivity index (χ0) is 15.4. The molecule has 1 amide bonds. The summed E-state index contributed by atoms with van der Waals surface area (Å²) in [7, 11) is 0. The van der Waals surface area contributed by atoms with Crippen molar-refractivity contribution in [3.05, 3.63) is 63.1 Å². The summed E-state index contributed by atoms with van der Waals surface area (Å²) in [6.45, 7) is 0. The molecule has 108 valence electrons. The summed E-state index contributed by atoms with van der Waals surface area (Å²) in [6, 6.07) is 11.6. The molecule has 0 aliphatic rings. The molecule has 2 aromatic carbocycles. The van der Waals surface area contributed by atoms with Gasteiger partial charge in [0.05, 0.1) is 5.02 Å². The van der Waals surface area contributed by atoms with Gasteiger partial charge in [0.15, 0.2) is 5.84 Å². The van der Waals surface area contributed by atoms with Crippen molar-refractivity contribution in [2.24, 2.45) is 10.9 Å². The zero-order valence-electron chi connectivity index (χ0n) is 10.7. The highest BCUT2D eigenvalue weighted by molar-refractivity contribution is 9.10. The topological polar surface area (TPSA) is 87.7 Å². The van der Waals surface area contributed by atoms with Gasteiger partial charge in [-0.1, -0.05) is 28.9 Å². The number of amides is 1. The van der Waals surface area contributed by atoms with Crippen LogP contribution in [0, 0.1) is 0 Å². The number of halogens is 2. The Hall–Kier alpha value is -2.05. The van der Waals surface area contributed by atoms with E-state index in [0.717, 1.165) is 4.47 Å². The SMILES string of the molecule is N/C(=N/O)c1cccc(C(=O)Nc2ccc(Br)c(Cl)c2)c1. The van der Waals surface area contributed by atoms with E-state index in [2.05, 4.69) is 26.4 Å². The van der Waals surface area contributed by atoms with E-state index in [-0.39, 0.29) is 11.7 Å². The van der Waals surface area contributed by atoms with Crippen LogP contribution in [0.5, 0.6) is 0 Å². The van der Waals surface area contributed by atoms with Gasteiger partial charge in [-0.2, -0.15) is 0 Å². The highest BCUT2D eigenvalue weighted by atomic mass is 79.9. The second kappa shape index (κ2) is 6.60. The first-order valence-electron chi connectivity index (χ1n) is 5.85.